The van der Waals surface area contributed by atoms with E-state index in [-0.39, 0.29) is 0 Å². The zero-order chi connectivity index (χ0) is 9.84. The summed E-state index contributed by atoms with van der Waals surface area (Å²) in [7, 11) is 1.92. The van der Waals surface area contributed by atoms with E-state index in [1.807, 2.05) is 20.2 Å². The lowest BCUT2D eigenvalue weighted by molar-refractivity contribution is 0.970. The molecule has 1 rings (SSSR count). The van der Waals surface area contributed by atoms with Crippen molar-refractivity contribution in [2.75, 3.05) is 12.4 Å². The lowest BCUT2D eigenvalue weighted by Gasteiger charge is -2.13. The number of nitrogens with two attached hydrogens (primary N) is 1. The number of aryl methyl sites for hydroxylation is 1. The average Bonchev–Trinajstić information content (AvgIpc) is 2.17. The smallest absolute Gasteiger partial charge is 0.0606 e. The zero-order valence-corrected chi connectivity index (χ0v) is 8.52. The van der Waals surface area contributed by atoms with Crippen molar-refractivity contribution in [1.82, 2.24) is 4.98 Å². The van der Waals surface area contributed by atoms with E-state index in [1.54, 1.807) is 0 Å². The zero-order valence-electron chi connectivity index (χ0n) is 8.52. The summed E-state index contributed by atoms with van der Waals surface area (Å²) in [6.07, 6.45) is 2.86. The summed E-state index contributed by atoms with van der Waals surface area (Å²) in [4.78, 5) is 4.29. The van der Waals surface area contributed by atoms with Gasteiger partial charge in [0.05, 0.1) is 11.4 Å². The highest BCUT2D eigenvalue weighted by Gasteiger charge is 2.07. The van der Waals surface area contributed by atoms with Gasteiger partial charge in [0.1, 0.15) is 0 Å². The van der Waals surface area contributed by atoms with Crippen LogP contribution in [0.15, 0.2) is 6.20 Å². The van der Waals surface area contributed by atoms with E-state index in [4.69, 9.17) is 5.73 Å². The molecule has 0 atom stereocenters. The van der Waals surface area contributed by atoms with Gasteiger partial charge in [0, 0.05) is 19.8 Å². The molecule has 0 saturated carbocycles. The van der Waals surface area contributed by atoms with Crippen LogP contribution in [0.4, 0.5) is 5.69 Å². The van der Waals surface area contributed by atoms with Crippen LogP contribution in [0, 0.1) is 6.92 Å². The molecule has 1 aromatic heterocycles. The Morgan fingerprint density at radius 1 is 1.54 bits per heavy atom. The lowest BCUT2D eigenvalue weighted by atomic mass is 10.0. The Morgan fingerprint density at radius 2 is 2.23 bits per heavy atom. The van der Waals surface area contributed by atoms with Gasteiger partial charge in [0.15, 0.2) is 0 Å². The second kappa shape index (κ2) is 4.23. The first-order chi connectivity index (χ1) is 6.24. The monoisotopic (exact) mass is 179 g/mol. The molecule has 72 valence electrons. The van der Waals surface area contributed by atoms with Crippen LogP contribution in [0.25, 0.3) is 0 Å². The summed E-state index contributed by atoms with van der Waals surface area (Å²) >= 11 is 0. The van der Waals surface area contributed by atoms with Crippen LogP contribution in [0.5, 0.6) is 0 Å². The molecule has 0 fully saturated rings. The van der Waals surface area contributed by atoms with Crippen molar-refractivity contribution in [2.24, 2.45) is 5.73 Å². The molecule has 0 aliphatic carbocycles. The fourth-order valence-corrected chi connectivity index (χ4v) is 1.61. The second-order valence-corrected chi connectivity index (χ2v) is 3.03. The average molecular weight is 179 g/mol. The molecule has 1 aromatic rings. The van der Waals surface area contributed by atoms with Gasteiger partial charge in [-0.2, -0.15) is 0 Å². The summed E-state index contributed by atoms with van der Waals surface area (Å²) in [6, 6.07) is 0. The molecule has 0 aromatic carbocycles. The van der Waals surface area contributed by atoms with Gasteiger partial charge in [-0.25, -0.2) is 0 Å². The summed E-state index contributed by atoms with van der Waals surface area (Å²) in [5.41, 5.74) is 10.2. The van der Waals surface area contributed by atoms with E-state index in [0.717, 1.165) is 23.4 Å². The van der Waals surface area contributed by atoms with Gasteiger partial charge < -0.3 is 11.1 Å². The highest BCUT2D eigenvalue weighted by molar-refractivity contribution is 5.56. The van der Waals surface area contributed by atoms with Crippen LogP contribution in [0.3, 0.4) is 0 Å². The SMILES string of the molecule is CCc1c(CN)cnc(C)c1NC. The summed E-state index contributed by atoms with van der Waals surface area (Å²) in [5.74, 6) is 0. The molecule has 0 aliphatic heterocycles. The van der Waals surface area contributed by atoms with E-state index in [1.165, 1.54) is 5.56 Å². The molecule has 13 heavy (non-hydrogen) atoms. The first-order valence-electron chi connectivity index (χ1n) is 4.59. The van der Waals surface area contributed by atoms with Gasteiger partial charge in [0.25, 0.3) is 0 Å². The molecule has 0 unspecified atom stereocenters. The van der Waals surface area contributed by atoms with E-state index in [9.17, 15) is 0 Å². The molecular formula is C10H17N3. The predicted molar refractivity (Wildman–Crippen MR) is 55.8 cm³/mol. The number of nitrogens with one attached hydrogen (secondary N) is 1. The number of nitrogens with zero attached hydrogens (tertiary/aromatic N) is 1. The molecule has 0 radical (unpaired) electrons. The molecule has 0 bridgehead atoms. The van der Waals surface area contributed by atoms with Crippen LogP contribution in [-0.2, 0) is 13.0 Å². The summed E-state index contributed by atoms with van der Waals surface area (Å²) in [5, 5.41) is 3.17. The topological polar surface area (TPSA) is 50.9 Å². The van der Waals surface area contributed by atoms with Gasteiger partial charge in [0.2, 0.25) is 0 Å². The Kier molecular flexibility index (Phi) is 3.25. The predicted octanol–water partition coefficient (Wildman–Crippen LogP) is 1.45. The molecule has 0 amide bonds. The summed E-state index contributed by atoms with van der Waals surface area (Å²) < 4.78 is 0. The molecule has 1 heterocycles. The number of aromatic nitrogens is 1. The van der Waals surface area contributed by atoms with Crippen molar-refractivity contribution >= 4 is 5.69 Å². The van der Waals surface area contributed by atoms with Crippen molar-refractivity contribution in [3.63, 3.8) is 0 Å². The highest BCUT2D eigenvalue weighted by Crippen LogP contribution is 2.22. The van der Waals surface area contributed by atoms with Crippen molar-refractivity contribution in [2.45, 2.75) is 26.8 Å². The molecule has 3 heteroatoms. The third-order valence-corrected chi connectivity index (χ3v) is 2.29. The number of pyridine rings is 1. The number of anilines is 1. The van der Waals surface area contributed by atoms with Crippen LogP contribution in [0.2, 0.25) is 0 Å². The standard InChI is InChI=1S/C10H17N3/c1-4-9-8(5-11)6-13-7(2)10(9)12-3/h6,12H,4-5,11H2,1-3H3. The molecule has 3 N–H and O–H groups in total. The van der Waals surface area contributed by atoms with Gasteiger partial charge in [-0.05, 0) is 24.5 Å². The minimum absolute atomic E-state index is 0.561. The van der Waals surface area contributed by atoms with Gasteiger partial charge in [-0.1, -0.05) is 6.92 Å². The van der Waals surface area contributed by atoms with E-state index < -0.39 is 0 Å². The molecule has 0 saturated heterocycles. The van der Waals surface area contributed by atoms with E-state index >= 15 is 0 Å². The Bertz CT molecular complexity index is 294. The molecular weight excluding hydrogens is 162 g/mol. The largest absolute Gasteiger partial charge is 0.386 e. The minimum Gasteiger partial charge on any atom is -0.386 e. The lowest BCUT2D eigenvalue weighted by Crippen LogP contribution is -2.07. The number of hydrogen-bond acceptors (Lipinski definition) is 3. The molecule has 0 aliphatic rings. The first kappa shape index (κ1) is 9.99. The first-order valence-corrected chi connectivity index (χ1v) is 4.59. The van der Waals surface area contributed by atoms with Crippen LogP contribution in [-0.4, -0.2) is 12.0 Å². The van der Waals surface area contributed by atoms with E-state index in [2.05, 4.69) is 17.2 Å². The minimum atomic E-state index is 0.561. The second-order valence-electron chi connectivity index (χ2n) is 3.03. The molecule has 0 spiro atoms. The van der Waals surface area contributed by atoms with Gasteiger partial charge >= 0.3 is 0 Å². The Hall–Kier alpha value is -1.09. The maximum Gasteiger partial charge on any atom is 0.0606 e. The number of rotatable bonds is 3. The van der Waals surface area contributed by atoms with Gasteiger partial charge in [-0.3, -0.25) is 4.98 Å². The quantitative estimate of drug-likeness (QED) is 0.738. The van der Waals surface area contributed by atoms with E-state index in [0.29, 0.717) is 6.54 Å². The van der Waals surface area contributed by atoms with Gasteiger partial charge in [-0.15, -0.1) is 0 Å². The third-order valence-electron chi connectivity index (χ3n) is 2.29. The third kappa shape index (κ3) is 1.80. The fraction of sp³-hybridized carbons (Fsp3) is 0.500. The molecule has 3 nitrogen and oxygen atoms in total. The Morgan fingerprint density at radius 3 is 2.69 bits per heavy atom. The maximum absolute atomic E-state index is 5.63. The Balaban J connectivity index is 3.27. The van der Waals surface area contributed by atoms with Crippen LogP contribution < -0.4 is 11.1 Å². The summed E-state index contributed by atoms with van der Waals surface area (Å²) in [6.45, 7) is 4.70. The highest BCUT2D eigenvalue weighted by atomic mass is 14.9. The van der Waals surface area contributed by atoms with Crippen LogP contribution in [0.1, 0.15) is 23.7 Å². The van der Waals surface area contributed by atoms with Crippen molar-refractivity contribution in [3.05, 3.63) is 23.0 Å². The normalized spacial score (nSPS) is 10.2. The van der Waals surface area contributed by atoms with Crippen molar-refractivity contribution in [1.29, 1.82) is 0 Å². The number of hydrogen-bond donors (Lipinski definition) is 2. The van der Waals surface area contributed by atoms with Crippen molar-refractivity contribution in [3.8, 4) is 0 Å². The Labute approximate surface area is 79.4 Å². The van der Waals surface area contributed by atoms with Crippen LogP contribution >= 0.6 is 0 Å². The maximum atomic E-state index is 5.63. The van der Waals surface area contributed by atoms with Crippen molar-refractivity contribution < 1.29 is 0 Å². The fourth-order valence-electron chi connectivity index (χ4n) is 1.61.